The van der Waals surface area contributed by atoms with Gasteiger partial charge in [0.25, 0.3) is 11.8 Å². The summed E-state index contributed by atoms with van der Waals surface area (Å²) in [5.41, 5.74) is -2.24. The molecule has 1 heterocycles. The van der Waals surface area contributed by atoms with Crippen molar-refractivity contribution in [3.8, 4) is 5.75 Å². The maximum absolute atomic E-state index is 14.3. The molecular formula is C34H40F2N4O7. The van der Waals surface area contributed by atoms with E-state index in [1.54, 1.807) is 65.0 Å². The summed E-state index contributed by atoms with van der Waals surface area (Å²) in [5.74, 6) is -4.27. The molecule has 2 N–H and O–H groups in total. The molecule has 0 aliphatic carbocycles. The highest BCUT2D eigenvalue weighted by Crippen LogP contribution is 2.22. The maximum atomic E-state index is 14.3. The van der Waals surface area contributed by atoms with E-state index < -0.39 is 58.4 Å². The van der Waals surface area contributed by atoms with Gasteiger partial charge in [0, 0.05) is 43.9 Å². The summed E-state index contributed by atoms with van der Waals surface area (Å²) in [7, 11) is 0. The van der Waals surface area contributed by atoms with E-state index in [4.69, 9.17) is 9.47 Å². The largest absolute Gasteiger partial charge is 0.482 e. The summed E-state index contributed by atoms with van der Waals surface area (Å²) < 4.78 is 40.4. The van der Waals surface area contributed by atoms with Crippen LogP contribution in [-0.4, -0.2) is 47.6 Å². The second-order valence-corrected chi connectivity index (χ2v) is 11.9. The van der Waals surface area contributed by atoms with Gasteiger partial charge in [-0.05, 0) is 51.7 Å². The molecule has 3 rings (SSSR count). The normalized spacial score (nSPS) is 11.7. The van der Waals surface area contributed by atoms with Crippen molar-refractivity contribution in [1.29, 1.82) is 0 Å². The van der Waals surface area contributed by atoms with E-state index in [1.165, 1.54) is 0 Å². The number of amides is 3. The van der Waals surface area contributed by atoms with Gasteiger partial charge >= 0.3 is 6.09 Å². The summed E-state index contributed by atoms with van der Waals surface area (Å²) in [6.45, 7) is 7.89. The molecule has 0 aliphatic rings. The summed E-state index contributed by atoms with van der Waals surface area (Å²) in [6, 6.07) is 11.6. The zero-order chi connectivity index (χ0) is 34.7. The van der Waals surface area contributed by atoms with Crippen molar-refractivity contribution < 1.29 is 37.4 Å². The lowest BCUT2D eigenvalue weighted by Gasteiger charge is -2.32. The zero-order valence-corrected chi connectivity index (χ0v) is 27.1. The van der Waals surface area contributed by atoms with Gasteiger partial charge in [-0.2, -0.15) is 0 Å². The van der Waals surface area contributed by atoms with Crippen molar-refractivity contribution in [1.82, 2.24) is 15.3 Å². The van der Waals surface area contributed by atoms with Crippen molar-refractivity contribution in [2.24, 2.45) is 5.92 Å². The first kappa shape index (κ1) is 36.4. The number of nitrogens with one attached hydrogen (secondary N) is 2. The van der Waals surface area contributed by atoms with E-state index in [1.807, 2.05) is 0 Å². The molecule has 3 aromatic rings. The third kappa shape index (κ3) is 10.2. The molecule has 2 aromatic carbocycles. The molecule has 0 unspecified atom stereocenters. The van der Waals surface area contributed by atoms with E-state index in [-0.39, 0.29) is 43.3 Å². The molecule has 3 amide bonds. The predicted octanol–water partition coefficient (Wildman–Crippen LogP) is 4.87. The van der Waals surface area contributed by atoms with E-state index in [9.17, 15) is 32.8 Å². The van der Waals surface area contributed by atoms with Gasteiger partial charge in [0.1, 0.15) is 35.7 Å². The van der Waals surface area contributed by atoms with E-state index >= 15 is 0 Å². The van der Waals surface area contributed by atoms with Gasteiger partial charge in [-0.3, -0.25) is 14.4 Å². The number of hydrogen-bond donors (Lipinski definition) is 2. The Hall–Kier alpha value is -5.07. The number of pyridine rings is 1. The Morgan fingerprint density at radius 3 is 2.36 bits per heavy atom. The number of aromatic nitrogens is 1. The number of nitrogens with zero attached hydrogens (tertiary/aromatic N) is 2. The molecule has 0 fully saturated rings. The van der Waals surface area contributed by atoms with Gasteiger partial charge in [-0.15, -0.1) is 0 Å². The Kier molecular flexibility index (Phi) is 12.8. The van der Waals surface area contributed by atoms with Gasteiger partial charge < -0.3 is 24.9 Å². The van der Waals surface area contributed by atoms with Crippen LogP contribution in [0.25, 0.3) is 0 Å². The predicted molar refractivity (Wildman–Crippen MR) is 171 cm³/mol. The fraction of sp³-hybridized carbons (Fsp3) is 0.382. The molecule has 47 heavy (non-hydrogen) atoms. The molecule has 0 aliphatic heterocycles. The van der Waals surface area contributed by atoms with Gasteiger partial charge in [0.05, 0.1) is 0 Å². The summed E-state index contributed by atoms with van der Waals surface area (Å²) in [5, 5.41) is 6.14. The van der Waals surface area contributed by atoms with Crippen molar-refractivity contribution in [3.63, 3.8) is 0 Å². The van der Waals surface area contributed by atoms with Crippen molar-refractivity contribution >= 4 is 24.2 Å². The maximum Gasteiger partial charge on any atom is 0.429 e. The zero-order valence-electron chi connectivity index (χ0n) is 27.1. The van der Waals surface area contributed by atoms with E-state index in [0.29, 0.717) is 18.1 Å². The molecule has 0 saturated heterocycles. The van der Waals surface area contributed by atoms with E-state index in [2.05, 4.69) is 10.6 Å². The second kappa shape index (κ2) is 16.5. The average molecular weight is 655 g/mol. The topological polar surface area (TPSA) is 136 Å². The molecule has 252 valence electrons. The first-order valence-electron chi connectivity index (χ1n) is 15.2. The molecule has 0 spiro atoms. The monoisotopic (exact) mass is 654 g/mol. The number of ether oxygens (including phenoxy) is 2. The minimum atomic E-state index is -0.974. The Morgan fingerprint density at radius 1 is 1.04 bits per heavy atom. The molecule has 0 radical (unpaired) electrons. The van der Waals surface area contributed by atoms with E-state index in [0.717, 1.165) is 34.3 Å². The Bertz CT molecular complexity index is 1640. The van der Waals surface area contributed by atoms with Crippen LogP contribution in [0.5, 0.6) is 5.75 Å². The van der Waals surface area contributed by atoms with Crippen LogP contribution in [-0.2, 0) is 22.7 Å². The summed E-state index contributed by atoms with van der Waals surface area (Å²) in [4.78, 5) is 65.9. The smallest absolute Gasteiger partial charge is 0.429 e. The fourth-order valence-corrected chi connectivity index (χ4v) is 4.49. The first-order chi connectivity index (χ1) is 22.2. The SMILES string of the molecule is CCNC(=O)c1c(OCc2ccccc2)c(=O)c(C(=O)NCc2ccc(F)cc2F)cn1N(C[C@@H](C)CCC=O)C(=O)OC(C)(C)C. The highest BCUT2D eigenvalue weighted by atomic mass is 19.1. The lowest BCUT2D eigenvalue weighted by atomic mass is 10.1. The lowest BCUT2D eigenvalue weighted by Crippen LogP contribution is -2.49. The molecule has 1 aromatic heterocycles. The van der Waals surface area contributed by atoms with Crippen molar-refractivity contribution in [2.45, 2.75) is 66.2 Å². The highest BCUT2D eigenvalue weighted by molar-refractivity contribution is 5.99. The van der Waals surface area contributed by atoms with Crippen molar-refractivity contribution in [2.75, 3.05) is 18.1 Å². The molecule has 0 bridgehead atoms. The summed E-state index contributed by atoms with van der Waals surface area (Å²) in [6.07, 6.45) is 1.45. The lowest BCUT2D eigenvalue weighted by molar-refractivity contribution is -0.108. The molecule has 0 saturated carbocycles. The number of rotatable bonds is 14. The van der Waals surface area contributed by atoms with Crippen LogP contribution in [0.4, 0.5) is 13.6 Å². The molecular weight excluding hydrogens is 614 g/mol. The van der Waals surface area contributed by atoms with Crippen LogP contribution < -0.4 is 25.8 Å². The number of halogens is 2. The third-order valence-corrected chi connectivity index (χ3v) is 6.75. The van der Waals surface area contributed by atoms with Gasteiger partial charge in [0.2, 0.25) is 5.43 Å². The number of aldehydes is 1. The minimum Gasteiger partial charge on any atom is -0.482 e. The number of hydrogen-bond acceptors (Lipinski definition) is 7. The Balaban J connectivity index is 2.24. The number of carbonyl (C=O) groups excluding carboxylic acids is 4. The first-order valence-corrected chi connectivity index (χ1v) is 15.2. The van der Waals surface area contributed by atoms with Crippen LogP contribution in [0, 0.1) is 17.6 Å². The van der Waals surface area contributed by atoms with Gasteiger partial charge in [-0.25, -0.2) is 23.3 Å². The molecule has 1 atom stereocenters. The standard InChI is InChI=1S/C34H40F2N4O7/c1-6-37-32(44)28-30(46-21-23-12-8-7-9-13-23)29(42)26(31(43)38-18-24-14-15-25(35)17-27(24)36)20-39(28)40(19-22(2)11-10-16-41)33(45)47-34(3,4)5/h7-9,12-17,20,22H,6,10-11,18-19,21H2,1-5H3,(H,37,44)(H,38,43)/t22-/m0/s1. The van der Waals surface area contributed by atoms with Crippen LogP contribution in [0.15, 0.2) is 59.5 Å². The Morgan fingerprint density at radius 2 is 1.74 bits per heavy atom. The van der Waals surface area contributed by atoms with Crippen LogP contribution in [0.1, 0.15) is 79.4 Å². The molecule has 11 nitrogen and oxygen atoms in total. The van der Waals surface area contributed by atoms with Crippen LogP contribution >= 0.6 is 0 Å². The van der Waals surface area contributed by atoms with Crippen molar-refractivity contribution in [3.05, 3.63) is 99.0 Å². The van der Waals surface area contributed by atoms with Gasteiger partial charge in [0.15, 0.2) is 11.4 Å². The third-order valence-electron chi connectivity index (χ3n) is 6.75. The van der Waals surface area contributed by atoms with Crippen LogP contribution in [0.3, 0.4) is 0 Å². The quantitative estimate of drug-likeness (QED) is 0.237. The minimum absolute atomic E-state index is 0.0426. The number of benzene rings is 2. The van der Waals surface area contributed by atoms with Crippen LogP contribution in [0.2, 0.25) is 0 Å². The highest BCUT2D eigenvalue weighted by Gasteiger charge is 2.32. The molecule has 13 heteroatoms. The number of carbonyl (C=O) groups is 4. The fourth-order valence-electron chi connectivity index (χ4n) is 4.49. The summed E-state index contributed by atoms with van der Waals surface area (Å²) >= 11 is 0. The second-order valence-electron chi connectivity index (χ2n) is 11.9. The Labute approximate surface area is 271 Å². The average Bonchev–Trinajstić information content (AvgIpc) is 3.01. The van der Waals surface area contributed by atoms with Gasteiger partial charge in [-0.1, -0.05) is 43.3 Å².